The van der Waals surface area contributed by atoms with E-state index >= 15 is 0 Å². The van der Waals surface area contributed by atoms with Crippen LogP contribution < -0.4 is 11.1 Å². The number of aryl methyl sites for hydroxylation is 1. The largest absolute Gasteiger partial charge is 0.364 e. The van der Waals surface area contributed by atoms with E-state index in [0.29, 0.717) is 6.54 Å². The van der Waals surface area contributed by atoms with Gasteiger partial charge in [-0.1, -0.05) is 6.07 Å². The maximum atomic E-state index is 13.1. The molecule has 0 bridgehead atoms. The number of hydrogen-bond acceptors (Lipinski definition) is 3. The van der Waals surface area contributed by atoms with Crippen molar-refractivity contribution in [2.24, 2.45) is 5.73 Å². The molecule has 7 heteroatoms. The number of hydrogen-bond donors (Lipinski definition) is 2. The van der Waals surface area contributed by atoms with Crippen LogP contribution in [0.2, 0.25) is 0 Å². The lowest BCUT2D eigenvalue weighted by atomic mass is 10.2. The molecule has 0 aliphatic rings. The van der Waals surface area contributed by atoms with Crippen molar-refractivity contribution in [2.45, 2.75) is 13.5 Å². The third kappa shape index (κ3) is 2.82. The molecule has 0 aliphatic carbocycles. The van der Waals surface area contributed by atoms with E-state index < -0.39 is 17.6 Å². The lowest BCUT2D eigenvalue weighted by Crippen LogP contribution is -2.18. The highest BCUT2D eigenvalue weighted by atomic mass is 19.1. The van der Waals surface area contributed by atoms with Crippen LogP contribution in [-0.2, 0) is 6.54 Å². The van der Waals surface area contributed by atoms with Crippen molar-refractivity contribution in [2.75, 3.05) is 5.32 Å². The summed E-state index contributed by atoms with van der Waals surface area (Å²) < 4.78 is 14.5. The second-order valence-electron chi connectivity index (χ2n) is 4.08. The molecule has 0 atom stereocenters. The molecule has 0 saturated carbocycles. The molecule has 2 rings (SSSR count). The van der Waals surface area contributed by atoms with E-state index in [9.17, 15) is 14.0 Å². The van der Waals surface area contributed by atoms with Crippen molar-refractivity contribution in [1.29, 1.82) is 0 Å². The zero-order valence-corrected chi connectivity index (χ0v) is 10.8. The molecule has 0 aliphatic heterocycles. The molecule has 6 nitrogen and oxygen atoms in total. The number of nitrogens with zero attached hydrogens (tertiary/aromatic N) is 2. The number of carbonyl (C=O) groups excluding carboxylic acids is 2. The Balaban J connectivity index is 2.27. The third-order valence-electron chi connectivity index (χ3n) is 2.65. The number of primary amides is 1. The molecule has 1 aromatic heterocycles. The van der Waals surface area contributed by atoms with Gasteiger partial charge in [0.05, 0.1) is 5.69 Å². The lowest BCUT2D eigenvalue weighted by molar-refractivity contribution is 0.0995. The highest BCUT2D eigenvalue weighted by Gasteiger charge is 2.16. The van der Waals surface area contributed by atoms with Gasteiger partial charge < -0.3 is 11.1 Å². The van der Waals surface area contributed by atoms with E-state index in [1.165, 1.54) is 29.1 Å². The SMILES string of the molecule is CCn1cc(NC(=O)c2cccc(F)c2)c(C(N)=O)n1. The van der Waals surface area contributed by atoms with Crippen LogP contribution in [0.1, 0.15) is 27.8 Å². The van der Waals surface area contributed by atoms with Gasteiger partial charge >= 0.3 is 0 Å². The van der Waals surface area contributed by atoms with Crippen LogP contribution in [0.5, 0.6) is 0 Å². The Bertz CT molecular complexity index is 666. The Morgan fingerprint density at radius 3 is 2.80 bits per heavy atom. The number of rotatable bonds is 4. The number of anilines is 1. The fourth-order valence-electron chi connectivity index (χ4n) is 1.68. The summed E-state index contributed by atoms with van der Waals surface area (Å²) in [6.07, 6.45) is 1.50. The molecule has 0 spiro atoms. The number of benzene rings is 1. The topological polar surface area (TPSA) is 90.0 Å². The second kappa shape index (κ2) is 5.52. The molecule has 2 amide bonds. The Morgan fingerprint density at radius 1 is 1.45 bits per heavy atom. The molecule has 20 heavy (non-hydrogen) atoms. The van der Waals surface area contributed by atoms with Gasteiger partial charge in [-0.05, 0) is 25.1 Å². The van der Waals surface area contributed by atoms with Crippen LogP contribution in [0.25, 0.3) is 0 Å². The molecule has 104 valence electrons. The minimum atomic E-state index is -0.744. The Labute approximate surface area is 114 Å². The van der Waals surface area contributed by atoms with Gasteiger partial charge in [0, 0.05) is 18.3 Å². The fourth-order valence-corrected chi connectivity index (χ4v) is 1.68. The van der Waals surface area contributed by atoms with Crippen molar-refractivity contribution in [3.63, 3.8) is 0 Å². The van der Waals surface area contributed by atoms with Crippen LogP contribution in [0.3, 0.4) is 0 Å². The molecule has 0 saturated heterocycles. The van der Waals surface area contributed by atoms with Gasteiger partial charge in [-0.15, -0.1) is 0 Å². The maximum absolute atomic E-state index is 13.1. The van der Waals surface area contributed by atoms with Crippen molar-refractivity contribution >= 4 is 17.5 Å². The molecule has 3 N–H and O–H groups in total. The van der Waals surface area contributed by atoms with Crippen molar-refractivity contribution in [3.05, 3.63) is 47.5 Å². The second-order valence-corrected chi connectivity index (χ2v) is 4.08. The summed E-state index contributed by atoms with van der Waals surface area (Å²) >= 11 is 0. The number of nitrogens with one attached hydrogen (secondary N) is 1. The lowest BCUT2D eigenvalue weighted by Gasteiger charge is -2.03. The Morgan fingerprint density at radius 2 is 2.20 bits per heavy atom. The zero-order valence-electron chi connectivity index (χ0n) is 10.8. The summed E-state index contributed by atoms with van der Waals surface area (Å²) in [5.41, 5.74) is 5.51. The average Bonchev–Trinajstić information content (AvgIpc) is 2.82. The Hall–Kier alpha value is -2.70. The summed E-state index contributed by atoms with van der Waals surface area (Å²) in [6.45, 7) is 2.35. The fraction of sp³-hybridized carbons (Fsp3) is 0.154. The predicted molar refractivity (Wildman–Crippen MR) is 70.8 cm³/mol. The smallest absolute Gasteiger partial charge is 0.271 e. The van der Waals surface area contributed by atoms with Gasteiger partial charge in [0.25, 0.3) is 11.8 Å². The number of aromatic nitrogens is 2. The van der Waals surface area contributed by atoms with Gasteiger partial charge in [-0.3, -0.25) is 14.3 Å². The van der Waals surface area contributed by atoms with E-state index in [1.54, 1.807) is 0 Å². The minimum absolute atomic E-state index is 0.0309. The van der Waals surface area contributed by atoms with E-state index in [0.717, 1.165) is 6.07 Å². The summed E-state index contributed by atoms with van der Waals surface area (Å²) in [4.78, 5) is 23.2. The maximum Gasteiger partial charge on any atom is 0.271 e. The number of halogens is 1. The highest BCUT2D eigenvalue weighted by molar-refractivity contribution is 6.07. The molecule has 0 radical (unpaired) electrons. The van der Waals surface area contributed by atoms with Crippen LogP contribution in [-0.4, -0.2) is 21.6 Å². The first-order valence-corrected chi connectivity index (χ1v) is 5.95. The monoisotopic (exact) mass is 276 g/mol. The molecule has 2 aromatic rings. The van der Waals surface area contributed by atoms with Gasteiger partial charge in [-0.2, -0.15) is 5.10 Å². The quantitative estimate of drug-likeness (QED) is 0.884. The molecule has 1 heterocycles. The summed E-state index contributed by atoms with van der Waals surface area (Å²) in [5.74, 6) is -1.80. The van der Waals surface area contributed by atoms with E-state index in [1.807, 2.05) is 6.92 Å². The zero-order chi connectivity index (χ0) is 14.7. The van der Waals surface area contributed by atoms with Gasteiger partial charge in [-0.25, -0.2) is 4.39 Å². The third-order valence-corrected chi connectivity index (χ3v) is 2.65. The normalized spacial score (nSPS) is 10.3. The van der Waals surface area contributed by atoms with E-state index in [2.05, 4.69) is 10.4 Å². The highest BCUT2D eigenvalue weighted by Crippen LogP contribution is 2.15. The first-order valence-electron chi connectivity index (χ1n) is 5.95. The summed E-state index contributed by atoms with van der Waals surface area (Å²) in [6, 6.07) is 5.23. The number of carbonyl (C=O) groups is 2. The van der Waals surface area contributed by atoms with Crippen LogP contribution >= 0.6 is 0 Å². The van der Waals surface area contributed by atoms with Crippen molar-refractivity contribution in [3.8, 4) is 0 Å². The van der Waals surface area contributed by atoms with Crippen LogP contribution in [0.15, 0.2) is 30.5 Å². The molecular formula is C13H13FN4O2. The molecular weight excluding hydrogens is 263 g/mol. The number of amides is 2. The number of nitrogens with two attached hydrogens (primary N) is 1. The average molecular weight is 276 g/mol. The van der Waals surface area contributed by atoms with Crippen LogP contribution in [0, 0.1) is 5.82 Å². The van der Waals surface area contributed by atoms with E-state index in [4.69, 9.17) is 5.73 Å². The van der Waals surface area contributed by atoms with Crippen LogP contribution in [0.4, 0.5) is 10.1 Å². The van der Waals surface area contributed by atoms with E-state index in [-0.39, 0.29) is 16.9 Å². The predicted octanol–water partition coefficient (Wildman–Crippen LogP) is 1.39. The van der Waals surface area contributed by atoms with Gasteiger partial charge in [0.1, 0.15) is 5.82 Å². The van der Waals surface area contributed by atoms with Crippen molar-refractivity contribution in [1.82, 2.24) is 9.78 Å². The standard InChI is InChI=1S/C13H13FN4O2/c1-2-18-7-10(11(17-18)12(15)19)16-13(20)8-4-3-5-9(14)6-8/h3-7H,2H2,1H3,(H2,15,19)(H,16,20). The van der Waals surface area contributed by atoms with Gasteiger partial charge in [0.15, 0.2) is 5.69 Å². The molecule has 0 fully saturated rings. The summed E-state index contributed by atoms with van der Waals surface area (Å²) in [7, 11) is 0. The molecule has 0 unspecified atom stereocenters. The van der Waals surface area contributed by atoms with Gasteiger partial charge in [0.2, 0.25) is 0 Å². The molecule has 1 aromatic carbocycles. The first-order chi connectivity index (χ1) is 9.51. The minimum Gasteiger partial charge on any atom is -0.364 e. The summed E-state index contributed by atoms with van der Waals surface area (Å²) in [5, 5.41) is 6.45. The first kappa shape index (κ1) is 13.7. The van der Waals surface area contributed by atoms with Crippen molar-refractivity contribution < 1.29 is 14.0 Å². The Kier molecular flexibility index (Phi) is 3.79.